The number of fused-ring (bicyclic) bond motifs is 1. The fourth-order valence-corrected chi connectivity index (χ4v) is 4.39. The number of para-hydroxylation sites is 1. The number of carbonyl (C=O) groups excluding carboxylic acids is 1. The lowest BCUT2D eigenvalue weighted by atomic mass is 10.1. The van der Waals surface area contributed by atoms with Crippen molar-refractivity contribution in [2.75, 3.05) is 31.6 Å². The third-order valence-corrected chi connectivity index (χ3v) is 6.23. The van der Waals surface area contributed by atoms with Crippen LogP contribution in [0.1, 0.15) is 11.4 Å². The molecule has 1 aliphatic heterocycles. The van der Waals surface area contributed by atoms with E-state index in [1.54, 1.807) is 35.4 Å². The lowest BCUT2D eigenvalue weighted by Crippen LogP contribution is -2.49. The van der Waals surface area contributed by atoms with Crippen molar-refractivity contribution in [3.63, 3.8) is 0 Å². The maximum atomic E-state index is 12.9. The van der Waals surface area contributed by atoms with Crippen molar-refractivity contribution in [1.82, 2.24) is 19.4 Å². The number of likely N-dealkylation sites (N-methyl/N-ethyl adjacent to an activating group) is 1. The second-order valence-electron chi connectivity index (χ2n) is 8.62. The van der Waals surface area contributed by atoms with E-state index in [1.165, 1.54) is 0 Å². The molecule has 1 aliphatic rings. The van der Waals surface area contributed by atoms with Gasteiger partial charge < -0.3 is 9.30 Å². The van der Waals surface area contributed by atoms with Gasteiger partial charge in [-0.15, -0.1) is 0 Å². The van der Waals surface area contributed by atoms with Crippen molar-refractivity contribution in [3.8, 4) is 16.9 Å². The summed E-state index contributed by atoms with van der Waals surface area (Å²) in [5.74, 6) is 1.60. The lowest BCUT2D eigenvalue weighted by Gasteiger charge is -2.31. The van der Waals surface area contributed by atoms with Crippen LogP contribution < -0.4 is 9.64 Å². The van der Waals surface area contributed by atoms with E-state index in [9.17, 15) is 13.6 Å². The molecular weight excluding hydrogens is 452 g/mol. The molecule has 0 radical (unpaired) electrons. The van der Waals surface area contributed by atoms with Gasteiger partial charge in [0, 0.05) is 30.4 Å². The molecule has 35 heavy (non-hydrogen) atoms. The van der Waals surface area contributed by atoms with E-state index in [2.05, 4.69) is 9.97 Å². The second-order valence-corrected chi connectivity index (χ2v) is 8.62. The second kappa shape index (κ2) is 9.42. The molecule has 0 atom stereocenters. The maximum Gasteiger partial charge on any atom is 0.387 e. The summed E-state index contributed by atoms with van der Waals surface area (Å²) in [5, 5.41) is 0. The lowest BCUT2D eigenvalue weighted by molar-refractivity contribution is -0.120. The molecule has 0 aliphatic carbocycles. The number of benzene rings is 2. The van der Waals surface area contributed by atoms with E-state index in [-0.39, 0.29) is 11.7 Å². The van der Waals surface area contributed by atoms with Crippen molar-refractivity contribution in [2.24, 2.45) is 0 Å². The number of alkyl halides is 2. The summed E-state index contributed by atoms with van der Waals surface area (Å²) in [6.07, 6.45) is 1.77. The summed E-state index contributed by atoms with van der Waals surface area (Å²) >= 11 is 0. The Balaban J connectivity index is 1.45. The molecule has 0 N–H and O–H groups in total. The molecule has 1 fully saturated rings. The topological polar surface area (TPSA) is 63.5 Å². The standard InChI is InChI=1S/C26H25F2N5O2/c1-17-30-21-9-7-18(19-8-10-24(29-14-19)32-12-11-31(2)16-25(32)34)13-22(21)33(17)15-20-5-3-4-6-23(20)35-26(27)28/h3-10,13-14,26H,11-12,15-16H2,1-2H3. The molecule has 9 heteroatoms. The highest BCUT2D eigenvalue weighted by Crippen LogP contribution is 2.28. The van der Waals surface area contributed by atoms with Gasteiger partial charge in [0.05, 0.1) is 24.1 Å². The Kier molecular flexibility index (Phi) is 6.17. The first-order valence-electron chi connectivity index (χ1n) is 11.3. The first kappa shape index (κ1) is 22.9. The zero-order chi connectivity index (χ0) is 24.5. The molecule has 7 nitrogen and oxygen atoms in total. The number of nitrogens with zero attached hydrogens (tertiary/aromatic N) is 5. The first-order valence-corrected chi connectivity index (χ1v) is 11.3. The number of hydrogen-bond donors (Lipinski definition) is 0. The van der Waals surface area contributed by atoms with Gasteiger partial charge in [-0.1, -0.05) is 24.3 Å². The summed E-state index contributed by atoms with van der Waals surface area (Å²) in [5.41, 5.74) is 4.18. The van der Waals surface area contributed by atoms with Gasteiger partial charge in [0.25, 0.3) is 0 Å². The molecule has 0 spiro atoms. The molecule has 0 saturated carbocycles. The number of hydrogen-bond acceptors (Lipinski definition) is 5. The highest BCUT2D eigenvalue weighted by atomic mass is 19.3. The number of ether oxygens (including phenoxy) is 1. The molecule has 180 valence electrons. The predicted octanol–water partition coefficient (Wildman–Crippen LogP) is 4.33. The molecule has 5 rings (SSSR count). The third kappa shape index (κ3) is 4.72. The molecule has 1 amide bonds. The molecule has 2 aromatic heterocycles. The van der Waals surface area contributed by atoms with E-state index >= 15 is 0 Å². The minimum atomic E-state index is -2.89. The quantitative estimate of drug-likeness (QED) is 0.414. The predicted molar refractivity (Wildman–Crippen MR) is 130 cm³/mol. The summed E-state index contributed by atoms with van der Waals surface area (Å²) in [7, 11) is 1.93. The van der Waals surface area contributed by atoms with Crippen LogP contribution in [0.4, 0.5) is 14.6 Å². The zero-order valence-electron chi connectivity index (χ0n) is 19.5. The average molecular weight is 478 g/mol. The number of carbonyl (C=O) groups is 1. The van der Waals surface area contributed by atoms with Gasteiger partial charge in [-0.2, -0.15) is 8.78 Å². The number of piperazine rings is 1. The van der Waals surface area contributed by atoms with E-state index in [4.69, 9.17) is 4.74 Å². The molecule has 4 aromatic rings. The maximum absolute atomic E-state index is 12.9. The van der Waals surface area contributed by atoms with Gasteiger partial charge in [0.15, 0.2) is 0 Å². The Bertz CT molecular complexity index is 1370. The number of amides is 1. The van der Waals surface area contributed by atoms with Crippen LogP contribution in [0.5, 0.6) is 5.75 Å². The van der Waals surface area contributed by atoms with Crippen LogP contribution in [-0.2, 0) is 11.3 Å². The summed E-state index contributed by atoms with van der Waals surface area (Å²) in [6, 6.07) is 16.5. The Morgan fingerprint density at radius 3 is 2.60 bits per heavy atom. The number of rotatable bonds is 6. The number of aromatic nitrogens is 3. The van der Waals surface area contributed by atoms with Gasteiger partial charge in [-0.3, -0.25) is 14.6 Å². The number of halogens is 2. The highest BCUT2D eigenvalue weighted by Gasteiger charge is 2.23. The third-order valence-electron chi connectivity index (χ3n) is 6.23. The molecule has 0 bridgehead atoms. The van der Waals surface area contributed by atoms with Gasteiger partial charge in [0.2, 0.25) is 5.91 Å². The van der Waals surface area contributed by atoms with Crippen LogP contribution >= 0.6 is 0 Å². The first-order chi connectivity index (χ1) is 16.9. The molecule has 1 saturated heterocycles. The van der Waals surface area contributed by atoms with Crippen LogP contribution in [-0.4, -0.2) is 58.6 Å². The van der Waals surface area contributed by atoms with Crippen LogP contribution in [0.25, 0.3) is 22.2 Å². The van der Waals surface area contributed by atoms with Crippen LogP contribution in [0.2, 0.25) is 0 Å². The van der Waals surface area contributed by atoms with Crippen molar-refractivity contribution in [3.05, 3.63) is 72.2 Å². The largest absolute Gasteiger partial charge is 0.434 e. The fraction of sp³-hybridized carbons (Fsp3) is 0.269. The minimum absolute atomic E-state index is 0.0379. The molecule has 0 unspecified atom stereocenters. The fourth-order valence-electron chi connectivity index (χ4n) is 4.39. The van der Waals surface area contributed by atoms with Crippen LogP contribution in [0.3, 0.4) is 0 Å². The van der Waals surface area contributed by atoms with Crippen molar-refractivity contribution in [1.29, 1.82) is 0 Å². The van der Waals surface area contributed by atoms with E-state index in [0.29, 0.717) is 31.0 Å². The highest BCUT2D eigenvalue weighted by molar-refractivity contribution is 5.94. The van der Waals surface area contributed by atoms with Crippen LogP contribution in [0.15, 0.2) is 60.8 Å². The Labute approximate surface area is 201 Å². The molecule has 2 aromatic carbocycles. The molecule has 3 heterocycles. The zero-order valence-corrected chi connectivity index (χ0v) is 19.5. The van der Waals surface area contributed by atoms with Gasteiger partial charge in [-0.05, 0) is 49.9 Å². The smallest absolute Gasteiger partial charge is 0.387 e. The molecular formula is C26H25F2N5O2. The van der Waals surface area contributed by atoms with Gasteiger partial charge in [0.1, 0.15) is 17.4 Å². The van der Waals surface area contributed by atoms with Gasteiger partial charge >= 0.3 is 6.61 Å². The van der Waals surface area contributed by atoms with E-state index in [0.717, 1.165) is 34.5 Å². The normalized spacial score (nSPS) is 14.8. The minimum Gasteiger partial charge on any atom is -0.434 e. The number of pyridine rings is 1. The summed E-state index contributed by atoms with van der Waals surface area (Å²) in [6.45, 7) is 1.15. The van der Waals surface area contributed by atoms with Crippen LogP contribution in [0, 0.1) is 6.92 Å². The van der Waals surface area contributed by atoms with Gasteiger partial charge in [-0.25, -0.2) is 9.97 Å². The van der Waals surface area contributed by atoms with Crippen molar-refractivity contribution in [2.45, 2.75) is 20.1 Å². The Morgan fingerprint density at radius 1 is 1.06 bits per heavy atom. The summed E-state index contributed by atoms with van der Waals surface area (Å²) in [4.78, 5) is 25.2. The Morgan fingerprint density at radius 2 is 1.86 bits per heavy atom. The monoisotopic (exact) mass is 477 g/mol. The van der Waals surface area contributed by atoms with Crippen molar-refractivity contribution >= 4 is 22.8 Å². The number of anilines is 1. The van der Waals surface area contributed by atoms with E-state index in [1.807, 2.05) is 53.8 Å². The average Bonchev–Trinajstić information content (AvgIpc) is 3.14. The number of imidazole rings is 1. The SMILES string of the molecule is Cc1nc2ccc(-c3ccc(N4CCN(C)CC4=O)nc3)cc2n1Cc1ccccc1OC(F)F. The number of aryl methyl sites for hydroxylation is 1. The Hall–Kier alpha value is -3.85. The van der Waals surface area contributed by atoms with E-state index < -0.39 is 6.61 Å². The summed E-state index contributed by atoms with van der Waals surface area (Å²) < 4.78 is 32.4. The van der Waals surface area contributed by atoms with Crippen molar-refractivity contribution < 1.29 is 18.3 Å².